The number of benzene rings is 1. The van der Waals surface area contributed by atoms with Gasteiger partial charge in [-0.05, 0) is 25.5 Å². The summed E-state index contributed by atoms with van der Waals surface area (Å²) in [7, 11) is -4.11. The summed E-state index contributed by atoms with van der Waals surface area (Å²) < 4.78 is 28.4. The van der Waals surface area contributed by atoms with Gasteiger partial charge in [0.2, 0.25) is 0 Å². The monoisotopic (exact) mass is 287 g/mol. The zero-order chi connectivity index (χ0) is 14.5. The van der Waals surface area contributed by atoms with Crippen LogP contribution in [0, 0.1) is 6.92 Å². The second kappa shape index (κ2) is 6.53. The van der Waals surface area contributed by atoms with Gasteiger partial charge in [-0.3, -0.25) is 0 Å². The fourth-order valence-electron chi connectivity index (χ4n) is 1.33. The van der Waals surface area contributed by atoms with E-state index in [4.69, 9.17) is 5.11 Å². The van der Waals surface area contributed by atoms with E-state index in [1.165, 1.54) is 12.1 Å². The lowest BCUT2D eigenvalue weighted by Crippen LogP contribution is -2.33. The predicted octanol–water partition coefficient (Wildman–Crippen LogP) is 2.40. The molecular formula is C12H17NO5S. The van der Waals surface area contributed by atoms with E-state index in [1.54, 1.807) is 12.1 Å². The van der Waals surface area contributed by atoms with Gasteiger partial charge in [-0.15, -0.1) is 4.28 Å². The van der Waals surface area contributed by atoms with Gasteiger partial charge >= 0.3 is 16.2 Å². The standard InChI is InChI=1S/C12H17NO5S/c1-3-4-9-13(12(14)15)18-19(16,17)11-7-5-10(2)6-8-11/h5-8H,3-4,9H2,1-2H3,(H,14,15). The van der Waals surface area contributed by atoms with E-state index in [0.717, 1.165) is 12.0 Å². The Labute approximate surface area is 112 Å². The summed E-state index contributed by atoms with van der Waals surface area (Å²) in [4.78, 5) is 10.8. The highest BCUT2D eigenvalue weighted by molar-refractivity contribution is 7.86. The smallest absolute Gasteiger partial charge is 0.432 e. The van der Waals surface area contributed by atoms with E-state index < -0.39 is 16.2 Å². The zero-order valence-electron chi connectivity index (χ0n) is 10.9. The average molecular weight is 287 g/mol. The van der Waals surface area contributed by atoms with Gasteiger partial charge in [0, 0.05) is 0 Å². The summed E-state index contributed by atoms with van der Waals surface area (Å²) in [5.74, 6) is 0. The number of rotatable bonds is 6. The van der Waals surface area contributed by atoms with Crippen LogP contribution in [0.1, 0.15) is 25.3 Å². The summed E-state index contributed by atoms with van der Waals surface area (Å²) in [6.07, 6.45) is -0.169. The second-order valence-corrected chi connectivity index (χ2v) is 5.61. The van der Waals surface area contributed by atoms with Crippen LogP contribution >= 0.6 is 0 Å². The van der Waals surface area contributed by atoms with Gasteiger partial charge in [0.05, 0.1) is 11.4 Å². The third-order valence-electron chi connectivity index (χ3n) is 2.43. The van der Waals surface area contributed by atoms with Gasteiger partial charge < -0.3 is 5.11 Å². The average Bonchev–Trinajstić information content (AvgIpc) is 2.34. The van der Waals surface area contributed by atoms with Crippen molar-refractivity contribution in [3.8, 4) is 0 Å². The predicted molar refractivity (Wildman–Crippen MR) is 69.1 cm³/mol. The van der Waals surface area contributed by atoms with Crippen LogP contribution in [0.4, 0.5) is 4.79 Å². The Hall–Kier alpha value is -1.60. The lowest BCUT2D eigenvalue weighted by atomic mass is 10.2. The zero-order valence-corrected chi connectivity index (χ0v) is 11.7. The van der Waals surface area contributed by atoms with Crippen LogP contribution in [0.25, 0.3) is 0 Å². The first-order valence-electron chi connectivity index (χ1n) is 5.88. The molecule has 0 saturated heterocycles. The molecule has 1 N–H and O–H groups in total. The maximum atomic E-state index is 11.9. The minimum absolute atomic E-state index is 0.0108. The van der Waals surface area contributed by atoms with Crippen molar-refractivity contribution in [1.29, 1.82) is 0 Å². The van der Waals surface area contributed by atoms with Gasteiger partial charge in [0.25, 0.3) is 0 Å². The molecule has 0 unspecified atom stereocenters. The van der Waals surface area contributed by atoms with E-state index >= 15 is 0 Å². The van der Waals surface area contributed by atoms with Crippen molar-refractivity contribution in [3.05, 3.63) is 29.8 Å². The fourth-order valence-corrected chi connectivity index (χ4v) is 2.26. The molecule has 7 heteroatoms. The van der Waals surface area contributed by atoms with Crippen molar-refractivity contribution >= 4 is 16.2 Å². The topological polar surface area (TPSA) is 83.9 Å². The Balaban J connectivity index is 2.87. The number of hydroxylamine groups is 2. The molecule has 0 bridgehead atoms. The molecule has 1 rings (SSSR count). The summed E-state index contributed by atoms with van der Waals surface area (Å²) in [6.45, 7) is 3.70. The SMILES string of the molecule is CCCCN(OS(=O)(=O)c1ccc(C)cc1)C(=O)O. The first-order chi connectivity index (χ1) is 8.86. The Kier molecular flexibility index (Phi) is 5.31. The molecule has 106 valence electrons. The van der Waals surface area contributed by atoms with Gasteiger partial charge in [-0.1, -0.05) is 31.0 Å². The molecule has 1 amide bonds. The molecule has 0 aliphatic carbocycles. The maximum absolute atomic E-state index is 11.9. The van der Waals surface area contributed by atoms with Crippen LogP contribution in [0.15, 0.2) is 29.2 Å². The molecule has 1 aromatic carbocycles. The molecule has 0 atom stereocenters. The van der Waals surface area contributed by atoms with Crippen LogP contribution in [0.2, 0.25) is 0 Å². The lowest BCUT2D eigenvalue weighted by Gasteiger charge is -2.17. The molecule has 0 radical (unpaired) electrons. The van der Waals surface area contributed by atoms with Gasteiger partial charge in [0.15, 0.2) is 0 Å². The quantitative estimate of drug-likeness (QED) is 0.812. The highest BCUT2D eigenvalue weighted by atomic mass is 32.2. The number of nitrogens with zero attached hydrogens (tertiary/aromatic N) is 1. The molecule has 0 aliphatic heterocycles. The Morgan fingerprint density at radius 1 is 1.32 bits per heavy atom. The first-order valence-corrected chi connectivity index (χ1v) is 7.29. The van der Waals surface area contributed by atoms with E-state index in [9.17, 15) is 13.2 Å². The second-order valence-electron chi connectivity index (χ2n) is 4.08. The number of carbonyl (C=O) groups is 1. The molecular weight excluding hydrogens is 270 g/mol. The van der Waals surface area contributed by atoms with Crippen molar-refractivity contribution in [2.24, 2.45) is 0 Å². The molecule has 0 aliphatic rings. The van der Waals surface area contributed by atoms with Crippen LogP contribution in [-0.2, 0) is 14.4 Å². The number of unbranched alkanes of at least 4 members (excludes halogenated alkanes) is 1. The molecule has 6 nitrogen and oxygen atoms in total. The van der Waals surface area contributed by atoms with Crippen molar-refractivity contribution in [2.75, 3.05) is 6.54 Å². The van der Waals surface area contributed by atoms with E-state index in [1.807, 2.05) is 13.8 Å². The van der Waals surface area contributed by atoms with Crippen molar-refractivity contribution < 1.29 is 22.6 Å². The fraction of sp³-hybridized carbons (Fsp3) is 0.417. The summed E-state index contributed by atoms with van der Waals surface area (Å²) in [5, 5.41) is 9.33. The normalized spacial score (nSPS) is 11.3. The van der Waals surface area contributed by atoms with Crippen molar-refractivity contribution in [3.63, 3.8) is 0 Å². The minimum atomic E-state index is -4.11. The van der Waals surface area contributed by atoms with Gasteiger partial charge in [-0.2, -0.15) is 13.5 Å². The summed E-state index contributed by atoms with van der Waals surface area (Å²) in [6, 6.07) is 6.00. The van der Waals surface area contributed by atoms with Gasteiger partial charge in [0.1, 0.15) is 0 Å². The summed E-state index contributed by atoms with van der Waals surface area (Å²) >= 11 is 0. The number of aryl methyl sites for hydroxylation is 1. The number of hydrogen-bond donors (Lipinski definition) is 1. The Bertz CT molecular complexity index is 524. The molecule has 0 spiro atoms. The highest BCUT2D eigenvalue weighted by Gasteiger charge is 2.23. The number of hydrogen-bond acceptors (Lipinski definition) is 4. The van der Waals surface area contributed by atoms with Gasteiger partial charge in [-0.25, -0.2) is 4.79 Å². The molecule has 19 heavy (non-hydrogen) atoms. The van der Waals surface area contributed by atoms with Crippen molar-refractivity contribution in [2.45, 2.75) is 31.6 Å². The van der Waals surface area contributed by atoms with E-state index in [-0.39, 0.29) is 11.4 Å². The van der Waals surface area contributed by atoms with Crippen LogP contribution in [0.3, 0.4) is 0 Å². The summed E-state index contributed by atoms with van der Waals surface area (Å²) in [5.41, 5.74) is 0.903. The first kappa shape index (κ1) is 15.5. The molecule has 0 aromatic heterocycles. The van der Waals surface area contributed by atoms with Crippen LogP contribution < -0.4 is 0 Å². The molecule has 0 fully saturated rings. The lowest BCUT2D eigenvalue weighted by molar-refractivity contribution is -0.0305. The molecule has 0 heterocycles. The Morgan fingerprint density at radius 2 is 1.89 bits per heavy atom. The molecule has 0 saturated carbocycles. The van der Waals surface area contributed by atoms with Crippen LogP contribution in [-0.4, -0.2) is 31.2 Å². The highest BCUT2D eigenvalue weighted by Crippen LogP contribution is 2.15. The minimum Gasteiger partial charge on any atom is -0.463 e. The van der Waals surface area contributed by atoms with E-state index in [2.05, 4.69) is 4.28 Å². The van der Waals surface area contributed by atoms with Crippen LogP contribution in [0.5, 0.6) is 0 Å². The van der Waals surface area contributed by atoms with E-state index in [0.29, 0.717) is 11.5 Å². The number of amides is 1. The third-order valence-corrected chi connectivity index (χ3v) is 3.65. The maximum Gasteiger partial charge on any atom is 0.432 e. The number of carboxylic acid groups (broad SMARTS) is 1. The van der Waals surface area contributed by atoms with Crippen molar-refractivity contribution in [1.82, 2.24) is 5.06 Å². The Morgan fingerprint density at radius 3 is 2.37 bits per heavy atom. The largest absolute Gasteiger partial charge is 0.463 e. The third kappa shape index (κ3) is 4.53. The molecule has 1 aromatic rings.